The summed E-state index contributed by atoms with van der Waals surface area (Å²) < 4.78 is 15.6. The molecule has 0 unspecified atom stereocenters. The van der Waals surface area contributed by atoms with Gasteiger partial charge in [-0.3, -0.25) is 4.79 Å². The molecule has 0 saturated heterocycles. The lowest BCUT2D eigenvalue weighted by atomic mass is 10.0. The van der Waals surface area contributed by atoms with E-state index in [9.17, 15) is 9.18 Å². The van der Waals surface area contributed by atoms with Crippen LogP contribution in [0.4, 0.5) is 4.39 Å². The minimum Gasteiger partial charge on any atom is -0.341 e. The molecule has 3 aromatic rings. The van der Waals surface area contributed by atoms with Crippen molar-refractivity contribution in [2.45, 2.75) is 18.4 Å². The maximum atomic E-state index is 13.0. The van der Waals surface area contributed by atoms with Crippen LogP contribution in [0.5, 0.6) is 0 Å². The standard InChI is InChI=1S/C19H15BrFN3O/c20-14-3-1-13(2-4-14)19(10-11-19)22-18(25)17-9-12-24(23-17)16-7-5-15(21)6-8-16/h1-9,12H,10-11H2,(H,22,25). The number of benzene rings is 2. The maximum Gasteiger partial charge on any atom is 0.272 e. The van der Waals surface area contributed by atoms with Gasteiger partial charge in [0.25, 0.3) is 5.91 Å². The molecule has 6 heteroatoms. The quantitative estimate of drug-likeness (QED) is 0.714. The Morgan fingerprint density at radius 3 is 2.40 bits per heavy atom. The Bertz CT molecular complexity index is 915. The average Bonchev–Trinajstić information content (AvgIpc) is 3.21. The Balaban J connectivity index is 1.52. The molecule has 0 aliphatic heterocycles. The largest absolute Gasteiger partial charge is 0.341 e. The molecule has 0 radical (unpaired) electrons. The molecular weight excluding hydrogens is 385 g/mol. The number of amides is 1. The number of halogens is 2. The van der Waals surface area contributed by atoms with Crippen molar-refractivity contribution in [1.29, 1.82) is 0 Å². The molecule has 1 fully saturated rings. The number of hydrogen-bond donors (Lipinski definition) is 1. The van der Waals surface area contributed by atoms with Crippen molar-refractivity contribution in [3.05, 3.63) is 82.3 Å². The molecule has 1 N–H and O–H groups in total. The highest BCUT2D eigenvalue weighted by atomic mass is 79.9. The molecule has 126 valence electrons. The zero-order valence-electron chi connectivity index (χ0n) is 13.2. The summed E-state index contributed by atoms with van der Waals surface area (Å²) in [6, 6.07) is 15.6. The Hall–Kier alpha value is -2.47. The minimum atomic E-state index is -0.306. The van der Waals surface area contributed by atoms with E-state index in [-0.39, 0.29) is 17.3 Å². The molecule has 1 amide bonds. The van der Waals surface area contributed by atoms with E-state index in [0.29, 0.717) is 11.4 Å². The predicted octanol–water partition coefficient (Wildman–Crippen LogP) is 4.19. The maximum absolute atomic E-state index is 13.0. The minimum absolute atomic E-state index is 0.207. The fourth-order valence-corrected chi connectivity index (χ4v) is 3.11. The van der Waals surface area contributed by atoms with Crippen molar-refractivity contribution in [2.24, 2.45) is 0 Å². The number of rotatable bonds is 4. The molecule has 1 aromatic heterocycles. The van der Waals surface area contributed by atoms with E-state index in [1.165, 1.54) is 12.1 Å². The topological polar surface area (TPSA) is 46.9 Å². The van der Waals surface area contributed by atoms with Crippen LogP contribution in [-0.4, -0.2) is 15.7 Å². The molecule has 25 heavy (non-hydrogen) atoms. The SMILES string of the molecule is O=C(NC1(c2ccc(Br)cc2)CC1)c1ccn(-c2ccc(F)cc2)n1. The summed E-state index contributed by atoms with van der Waals surface area (Å²) in [6.45, 7) is 0. The number of carbonyl (C=O) groups is 1. The highest BCUT2D eigenvalue weighted by Gasteiger charge is 2.45. The summed E-state index contributed by atoms with van der Waals surface area (Å²) >= 11 is 3.43. The molecule has 2 aromatic carbocycles. The fraction of sp³-hybridized carbons (Fsp3) is 0.158. The fourth-order valence-electron chi connectivity index (χ4n) is 2.84. The second-order valence-electron chi connectivity index (χ2n) is 6.17. The van der Waals surface area contributed by atoms with E-state index in [1.54, 1.807) is 29.1 Å². The van der Waals surface area contributed by atoms with E-state index in [4.69, 9.17) is 0 Å². The Kier molecular flexibility index (Phi) is 3.92. The summed E-state index contributed by atoms with van der Waals surface area (Å²) in [5.74, 6) is -0.514. The number of nitrogens with one attached hydrogen (secondary N) is 1. The van der Waals surface area contributed by atoms with Gasteiger partial charge in [0.05, 0.1) is 11.2 Å². The third-order valence-electron chi connectivity index (χ3n) is 4.41. The molecular formula is C19H15BrFN3O. The molecule has 1 heterocycles. The van der Waals surface area contributed by atoms with Crippen molar-refractivity contribution in [1.82, 2.24) is 15.1 Å². The zero-order valence-corrected chi connectivity index (χ0v) is 14.8. The van der Waals surface area contributed by atoms with Gasteiger partial charge in [-0.15, -0.1) is 0 Å². The van der Waals surface area contributed by atoms with Gasteiger partial charge < -0.3 is 5.32 Å². The van der Waals surface area contributed by atoms with Crippen molar-refractivity contribution in [3.63, 3.8) is 0 Å². The van der Waals surface area contributed by atoms with Gasteiger partial charge >= 0.3 is 0 Å². The average molecular weight is 400 g/mol. The van der Waals surface area contributed by atoms with Crippen LogP contribution >= 0.6 is 15.9 Å². The molecule has 1 aliphatic rings. The summed E-state index contributed by atoms with van der Waals surface area (Å²) in [5, 5.41) is 7.41. The smallest absolute Gasteiger partial charge is 0.272 e. The second-order valence-corrected chi connectivity index (χ2v) is 7.08. The van der Waals surface area contributed by atoms with Crippen LogP contribution in [0, 0.1) is 5.82 Å². The molecule has 0 spiro atoms. The highest BCUT2D eigenvalue weighted by Crippen LogP contribution is 2.45. The van der Waals surface area contributed by atoms with Crippen molar-refractivity contribution >= 4 is 21.8 Å². The monoisotopic (exact) mass is 399 g/mol. The van der Waals surface area contributed by atoms with Crippen LogP contribution < -0.4 is 5.32 Å². The van der Waals surface area contributed by atoms with E-state index in [2.05, 4.69) is 26.3 Å². The van der Waals surface area contributed by atoms with Crippen molar-refractivity contribution < 1.29 is 9.18 Å². The van der Waals surface area contributed by atoms with Gasteiger partial charge in [0.1, 0.15) is 5.82 Å². The Morgan fingerprint density at radius 1 is 1.08 bits per heavy atom. The van der Waals surface area contributed by atoms with Gasteiger partial charge in [-0.2, -0.15) is 5.10 Å². The number of hydrogen-bond acceptors (Lipinski definition) is 2. The number of aromatic nitrogens is 2. The lowest BCUT2D eigenvalue weighted by Gasteiger charge is -2.17. The first-order chi connectivity index (χ1) is 12.1. The van der Waals surface area contributed by atoms with Gasteiger partial charge in [-0.05, 0) is 60.9 Å². The van der Waals surface area contributed by atoms with E-state index in [1.807, 2.05) is 24.3 Å². The van der Waals surface area contributed by atoms with Crippen LogP contribution in [0.1, 0.15) is 28.9 Å². The van der Waals surface area contributed by atoms with Gasteiger partial charge in [0.15, 0.2) is 5.69 Å². The molecule has 1 saturated carbocycles. The Labute approximate surface area is 152 Å². The Morgan fingerprint density at radius 2 is 1.76 bits per heavy atom. The van der Waals surface area contributed by atoms with Crippen LogP contribution in [0.15, 0.2) is 65.3 Å². The summed E-state index contributed by atoms with van der Waals surface area (Å²) in [5.41, 5.74) is 1.85. The van der Waals surface area contributed by atoms with Crippen molar-refractivity contribution in [3.8, 4) is 5.69 Å². The zero-order chi connectivity index (χ0) is 17.4. The molecule has 1 aliphatic carbocycles. The third-order valence-corrected chi connectivity index (χ3v) is 4.94. The summed E-state index contributed by atoms with van der Waals surface area (Å²) in [7, 11) is 0. The van der Waals surface area contributed by atoms with Gasteiger partial charge in [0.2, 0.25) is 0 Å². The van der Waals surface area contributed by atoms with Crippen LogP contribution in [0.2, 0.25) is 0 Å². The normalized spacial score (nSPS) is 15.0. The predicted molar refractivity (Wildman–Crippen MR) is 96.0 cm³/mol. The first kappa shape index (κ1) is 16.0. The summed E-state index contributed by atoms with van der Waals surface area (Å²) in [6.07, 6.45) is 3.53. The lowest BCUT2D eigenvalue weighted by Crippen LogP contribution is -2.35. The highest BCUT2D eigenvalue weighted by molar-refractivity contribution is 9.10. The molecule has 4 rings (SSSR count). The number of carbonyl (C=O) groups excluding carboxylic acids is 1. The van der Waals surface area contributed by atoms with Crippen LogP contribution in [0.3, 0.4) is 0 Å². The summed E-state index contributed by atoms with van der Waals surface area (Å²) in [4.78, 5) is 12.6. The van der Waals surface area contributed by atoms with Crippen molar-refractivity contribution in [2.75, 3.05) is 0 Å². The molecule has 0 bridgehead atoms. The lowest BCUT2D eigenvalue weighted by molar-refractivity contribution is 0.0925. The van der Waals surface area contributed by atoms with E-state index in [0.717, 1.165) is 22.9 Å². The second kappa shape index (κ2) is 6.11. The van der Waals surface area contributed by atoms with Gasteiger partial charge in [-0.1, -0.05) is 28.1 Å². The van der Waals surface area contributed by atoms with E-state index < -0.39 is 0 Å². The third kappa shape index (κ3) is 3.22. The van der Waals surface area contributed by atoms with E-state index >= 15 is 0 Å². The first-order valence-electron chi connectivity index (χ1n) is 7.96. The molecule has 4 nitrogen and oxygen atoms in total. The van der Waals surface area contributed by atoms with Crippen LogP contribution in [0.25, 0.3) is 5.69 Å². The number of nitrogens with zero attached hydrogens (tertiary/aromatic N) is 2. The molecule has 0 atom stereocenters. The van der Waals surface area contributed by atoms with Crippen LogP contribution in [-0.2, 0) is 5.54 Å². The first-order valence-corrected chi connectivity index (χ1v) is 8.75. The van der Waals surface area contributed by atoms with Gasteiger partial charge in [0, 0.05) is 10.7 Å². The van der Waals surface area contributed by atoms with Gasteiger partial charge in [-0.25, -0.2) is 9.07 Å².